The minimum Gasteiger partial charge on any atom is -0.308 e. The van der Waals surface area contributed by atoms with Crippen molar-refractivity contribution in [2.24, 2.45) is 0 Å². The van der Waals surface area contributed by atoms with Crippen LogP contribution in [0.15, 0.2) is 24.3 Å². The molecule has 0 fully saturated rings. The summed E-state index contributed by atoms with van der Waals surface area (Å²) in [5, 5.41) is 6.71. The highest BCUT2D eigenvalue weighted by atomic mass is 14.3. The summed E-state index contributed by atoms with van der Waals surface area (Å²) in [6.45, 7) is 5.63. The van der Waals surface area contributed by atoms with E-state index >= 15 is 0 Å². The molecule has 0 spiro atoms. The summed E-state index contributed by atoms with van der Waals surface area (Å²) in [7, 11) is 0. The molecule has 1 nitrogen and oxygen atoms in total. The highest BCUT2D eigenvalue weighted by molar-refractivity contribution is 5.78. The molecule has 0 aromatic heterocycles. The van der Waals surface area contributed by atoms with Crippen LogP contribution >= 0.6 is 0 Å². The van der Waals surface area contributed by atoms with Crippen LogP contribution in [0, 0.1) is 5.41 Å². The second-order valence-corrected chi connectivity index (χ2v) is 1.53. The zero-order chi connectivity index (χ0) is 6.41. The molecule has 1 heteroatoms. The van der Waals surface area contributed by atoms with E-state index in [4.69, 9.17) is 5.41 Å². The number of hydrogen-bond acceptors (Lipinski definition) is 1. The summed E-state index contributed by atoms with van der Waals surface area (Å²) >= 11 is 0. The lowest BCUT2D eigenvalue weighted by molar-refractivity contribution is 1.22. The lowest BCUT2D eigenvalue weighted by Crippen LogP contribution is -1.70. The summed E-state index contributed by atoms with van der Waals surface area (Å²) < 4.78 is 0. The van der Waals surface area contributed by atoms with Gasteiger partial charge in [-0.25, -0.2) is 0 Å². The van der Waals surface area contributed by atoms with Gasteiger partial charge in [0.1, 0.15) is 0 Å². The van der Waals surface area contributed by atoms with Crippen molar-refractivity contribution in [3.05, 3.63) is 24.3 Å². The van der Waals surface area contributed by atoms with Gasteiger partial charge in [-0.2, -0.15) is 0 Å². The van der Waals surface area contributed by atoms with Crippen LogP contribution in [0.2, 0.25) is 0 Å². The molecule has 0 atom stereocenters. The summed E-state index contributed by atoms with van der Waals surface area (Å²) in [6, 6.07) is 0. The largest absolute Gasteiger partial charge is 0.308 e. The molecule has 44 valence electrons. The van der Waals surface area contributed by atoms with E-state index in [2.05, 4.69) is 6.58 Å². The van der Waals surface area contributed by atoms with Crippen molar-refractivity contribution in [2.75, 3.05) is 0 Å². The Labute approximate surface area is 50.2 Å². The molecule has 1 N–H and O–H groups in total. The summed E-state index contributed by atoms with van der Waals surface area (Å²) in [6.07, 6.45) is 6.07. The topological polar surface area (TPSA) is 23.9 Å². The quantitative estimate of drug-likeness (QED) is 0.424. The molecule has 0 rings (SSSR count). The van der Waals surface area contributed by atoms with Gasteiger partial charge in [0.25, 0.3) is 0 Å². The molecule has 0 aromatic carbocycles. The van der Waals surface area contributed by atoms with Crippen molar-refractivity contribution in [3.63, 3.8) is 0 Å². The van der Waals surface area contributed by atoms with Crippen LogP contribution in [-0.4, -0.2) is 6.21 Å². The zero-order valence-electron chi connectivity index (χ0n) is 5.15. The SMILES string of the molecule is C=C(C=N)/C=C\CC. The third-order valence-electron chi connectivity index (χ3n) is 0.753. The van der Waals surface area contributed by atoms with Crippen molar-refractivity contribution in [2.45, 2.75) is 13.3 Å². The third-order valence-corrected chi connectivity index (χ3v) is 0.753. The first-order valence-electron chi connectivity index (χ1n) is 2.67. The Hall–Kier alpha value is -0.850. The van der Waals surface area contributed by atoms with Crippen LogP contribution in [0.5, 0.6) is 0 Å². The third kappa shape index (κ3) is 3.34. The Bertz CT molecular complexity index is 112. The molecular formula is C7H11N. The first kappa shape index (κ1) is 7.15. The minimum atomic E-state index is 0.756. The van der Waals surface area contributed by atoms with Gasteiger partial charge in [0, 0.05) is 6.21 Å². The molecule has 8 heavy (non-hydrogen) atoms. The van der Waals surface area contributed by atoms with Crippen molar-refractivity contribution in [1.82, 2.24) is 0 Å². The van der Waals surface area contributed by atoms with E-state index in [0.29, 0.717) is 0 Å². The van der Waals surface area contributed by atoms with E-state index in [1.807, 2.05) is 19.1 Å². The molecular weight excluding hydrogens is 98.1 g/mol. The molecule has 0 heterocycles. The van der Waals surface area contributed by atoms with Crippen LogP contribution in [0.1, 0.15) is 13.3 Å². The predicted octanol–water partition coefficient (Wildman–Crippen LogP) is 2.16. The maximum absolute atomic E-state index is 6.71. The minimum absolute atomic E-state index is 0.756. The molecule has 0 bridgehead atoms. The lowest BCUT2D eigenvalue weighted by atomic mass is 10.3. The van der Waals surface area contributed by atoms with Crippen molar-refractivity contribution >= 4 is 6.21 Å². The second-order valence-electron chi connectivity index (χ2n) is 1.53. The van der Waals surface area contributed by atoms with Gasteiger partial charge in [-0.15, -0.1) is 0 Å². The van der Waals surface area contributed by atoms with E-state index in [1.54, 1.807) is 0 Å². The smallest absolute Gasteiger partial charge is 0.0244 e. The fourth-order valence-corrected chi connectivity index (χ4v) is 0.317. The number of hydrogen-bond donors (Lipinski definition) is 1. The Kier molecular flexibility index (Phi) is 3.85. The highest BCUT2D eigenvalue weighted by Crippen LogP contribution is 1.87. The number of nitrogens with one attached hydrogen (secondary N) is 1. The average Bonchev–Trinajstić information content (AvgIpc) is 1.83. The van der Waals surface area contributed by atoms with Crippen LogP contribution in [0.3, 0.4) is 0 Å². The zero-order valence-corrected chi connectivity index (χ0v) is 5.15. The Morgan fingerprint density at radius 2 is 2.38 bits per heavy atom. The summed E-state index contributed by atoms with van der Waals surface area (Å²) in [5.41, 5.74) is 0.756. The maximum Gasteiger partial charge on any atom is 0.0244 e. The second kappa shape index (κ2) is 4.31. The highest BCUT2D eigenvalue weighted by Gasteiger charge is 1.73. The van der Waals surface area contributed by atoms with Crippen molar-refractivity contribution < 1.29 is 0 Å². The molecule has 0 amide bonds. The van der Waals surface area contributed by atoms with Crippen LogP contribution in [-0.2, 0) is 0 Å². The fourth-order valence-electron chi connectivity index (χ4n) is 0.317. The van der Waals surface area contributed by atoms with Crippen molar-refractivity contribution in [3.8, 4) is 0 Å². The van der Waals surface area contributed by atoms with Crippen molar-refractivity contribution in [1.29, 1.82) is 5.41 Å². The monoisotopic (exact) mass is 109 g/mol. The molecule has 0 saturated heterocycles. The van der Waals surface area contributed by atoms with Crippen LogP contribution in [0.4, 0.5) is 0 Å². The Balaban J connectivity index is 3.52. The van der Waals surface area contributed by atoms with Crippen LogP contribution < -0.4 is 0 Å². The fraction of sp³-hybridized carbons (Fsp3) is 0.286. The van der Waals surface area contributed by atoms with E-state index in [0.717, 1.165) is 12.0 Å². The van der Waals surface area contributed by atoms with Gasteiger partial charge < -0.3 is 5.41 Å². The summed E-state index contributed by atoms with van der Waals surface area (Å²) in [5.74, 6) is 0. The van der Waals surface area contributed by atoms with Gasteiger partial charge in [-0.05, 0) is 12.0 Å². The average molecular weight is 109 g/mol. The number of allylic oxidation sites excluding steroid dienone is 3. The van der Waals surface area contributed by atoms with E-state index in [-0.39, 0.29) is 0 Å². The van der Waals surface area contributed by atoms with E-state index < -0.39 is 0 Å². The number of rotatable bonds is 3. The van der Waals surface area contributed by atoms with E-state index in [1.165, 1.54) is 6.21 Å². The van der Waals surface area contributed by atoms with Gasteiger partial charge in [-0.1, -0.05) is 25.7 Å². The Morgan fingerprint density at radius 3 is 2.75 bits per heavy atom. The Morgan fingerprint density at radius 1 is 1.75 bits per heavy atom. The molecule has 0 aromatic rings. The molecule has 0 unspecified atom stereocenters. The summed E-state index contributed by atoms with van der Waals surface area (Å²) in [4.78, 5) is 0. The molecule has 0 aliphatic carbocycles. The molecule has 0 aliphatic rings. The molecule has 0 radical (unpaired) electrons. The van der Waals surface area contributed by atoms with Gasteiger partial charge >= 0.3 is 0 Å². The van der Waals surface area contributed by atoms with Crippen LogP contribution in [0.25, 0.3) is 0 Å². The normalized spacial score (nSPS) is 9.62. The first-order chi connectivity index (χ1) is 3.81. The first-order valence-corrected chi connectivity index (χ1v) is 2.67. The van der Waals surface area contributed by atoms with Gasteiger partial charge in [-0.3, -0.25) is 0 Å². The lowest BCUT2D eigenvalue weighted by Gasteiger charge is -1.81. The van der Waals surface area contributed by atoms with Gasteiger partial charge in [0.05, 0.1) is 0 Å². The standard InChI is InChI=1S/C7H11N/c1-3-4-5-7(2)6-8/h4-6,8H,2-3H2,1H3/b5-4-,8-6?. The molecule has 0 aliphatic heterocycles. The van der Waals surface area contributed by atoms with E-state index in [9.17, 15) is 0 Å². The van der Waals surface area contributed by atoms with Gasteiger partial charge in [0.15, 0.2) is 0 Å². The molecule has 0 saturated carbocycles. The predicted molar refractivity (Wildman–Crippen MR) is 37.4 cm³/mol. The maximum atomic E-state index is 6.71. The van der Waals surface area contributed by atoms with Gasteiger partial charge in [0.2, 0.25) is 0 Å².